The summed E-state index contributed by atoms with van der Waals surface area (Å²) in [5.41, 5.74) is 5.29. The van der Waals surface area contributed by atoms with Gasteiger partial charge in [-0.05, 0) is 6.92 Å². The number of hydrogen-bond donors (Lipinski definition) is 4. The van der Waals surface area contributed by atoms with Gasteiger partial charge in [-0.2, -0.15) is 4.98 Å². The van der Waals surface area contributed by atoms with Crippen molar-refractivity contribution in [2.75, 3.05) is 5.73 Å². The zero-order valence-electron chi connectivity index (χ0n) is 8.56. The molecule has 1 atom stereocenters. The van der Waals surface area contributed by atoms with E-state index in [4.69, 9.17) is 5.73 Å². The second-order valence-corrected chi connectivity index (χ2v) is 3.21. The van der Waals surface area contributed by atoms with Gasteiger partial charge in [-0.25, -0.2) is 4.98 Å². The van der Waals surface area contributed by atoms with Crippen molar-refractivity contribution >= 4 is 11.9 Å². The Labute approximate surface area is 90.7 Å². The molecule has 0 spiro atoms. The number of carbonyl (C=O) groups is 1. The third-order valence-corrected chi connectivity index (χ3v) is 1.99. The molecular formula is C8H11N7O. The van der Waals surface area contributed by atoms with Gasteiger partial charge >= 0.3 is 0 Å². The summed E-state index contributed by atoms with van der Waals surface area (Å²) in [5.74, 6) is 0.403. The van der Waals surface area contributed by atoms with Gasteiger partial charge in [0, 0.05) is 12.4 Å². The minimum absolute atomic E-state index is 0.0378. The topological polar surface area (TPSA) is 125 Å². The molecule has 0 aliphatic heterocycles. The van der Waals surface area contributed by atoms with E-state index in [0.717, 1.165) is 0 Å². The number of nitrogens with one attached hydrogen (secondary N) is 3. The number of amides is 1. The second kappa shape index (κ2) is 4.01. The van der Waals surface area contributed by atoms with E-state index in [2.05, 4.69) is 30.5 Å². The zero-order chi connectivity index (χ0) is 11.5. The Morgan fingerprint density at radius 2 is 2.44 bits per heavy atom. The highest BCUT2D eigenvalue weighted by molar-refractivity contribution is 5.90. The number of hydrogen-bond acceptors (Lipinski definition) is 5. The van der Waals surface area contributed by atoms with Crippen LogP contribution in [0.5, 0.6) is 0 Å². The van der Waals surface area contributed by atoms with Crippen LogP contribution in [-0.4, -0.2) is 31.1 Å². The summed E-state index contributed by atoms with van der Waals surface area (Å²) >= 11 is 0. The van der Waals surface area contributed by atoms with Crippen molar-refractivity contribution in [3.63, 3.8) is 0 Å². The van der Waals surface area contributed by atoms with Crippen molar-refractivity contribution in [1.29, 1.82) is 0 Å². The first kappa shape index (κ1) is 10.1. The molecule has 0 saturated heterocycles. The van der Waals surface area contributed by atoms with Gasteiger partial charge in [0.1, 0.15) is 5.82 Å². The molecule has 5 N–H and O–H groups in total. The van der Waals surface area contributed by atoms with Crippen LogP contribution in [0, 0.1) is 0 Å². The molecule has 0 aromatic carbocycles. The fourth-order valence-corrected chi connectivity index (χ4v) is 1.22. The lowest BCUT2D eigenvalue weighted by Gasteiger charge is -2.09. The van der Waals surface area contributed by atoms with E-state index >= 15 is 0 Å². The van der Waals surface area contributed by atoms with Gasteiger partial charge < -0.3 is 16.0 Å². The van der Waals surface area contributed by atoms with Crippen molar-refractivity contribution in [2.45, 2.75) is 13.0 Å². The van der Waals surface area contributed by atoms with Crippen molar-refractivity contribution in [3.05, 3.63) is 24.0 Å². The number of H-pyrrole nitrogens is 2. The molecule has 8 heteroatoms. The Hall–Kier alpha value is -2.38. The summed E-state index contributed by atoms with van der Waals surface area (Å²) in [4.78, 5) is 22.3. The Balaban J connectivity index is 2.03. The van der Waals surface area contributed by atoms with Crippen LogP contribution in [0.2, 0.25) is 0 Å². The number of aromatic nitrogens is 5. The lowest BCUT2D eigenvalue weighted by atomic mass is 10.3. The Kier molecular flexibility index (Phi) is 2.54. The normalized spacial score (nSPS) is 12.3. The van der Waals surface area contributed by atoms with Gasteiger partial charge in [0.25, 0.3) is 5.91 Å². The summed E-state index contributed by atoms with van der Waals surface area (Å²) in [5, 5.41) is 8.68. The Bertz CT molecular complexity index is 474. The highest BCUT2D eigenvalue weighted by Crippen LogP contribution is 2.06. The number of aromatic amines is 2. The standard InChI is InChI=1S/C8H11N7O/c1-4(5-10-2-3-11-5)12-7(16)6-13-8(9)15-14-6/h2-4H,1H3,(H,10,11)(H,12,16)(H3,9,13,14,15). The Morgan fingerprint density at radius 1 is 1.62 bits per heavy atom. The quantitative estimate of drug-likeness (QED) is 0.561. The molecule has 1 unspecified atom stereocenters. The first-order chi connectivity index (χ1) is 7.66. The average Bonchev–Trinajstić information content (AvgIpc) is 2.87. The third-order valence-electron chi connectivity index (χ3n) is 1.99. The number of imidazole rings is 1. The van der Waals surface area contributed by atoms with Crippen LogP contribution in [-0.2, 0) is 0 Å². The maximum Gasteiger partial charge on any atom is 0.289 e. The van der Waals surface area contributed by atoms with Crippen molar-refractivity contribution in [3.8, 4) is 0 Å². The molecule has 0 saturated carbocycles. The summed E-state index contributed by atoms with van der Waals surface area (Å²) < 4.78 is 0. The monoisotopic (exact) mass is 221 g/mol. The Morgan fingerprint density at radius 3 is 3.00 bits per heavy atom. The number of nitrogens with zero attached hydrogens (tertiary/aromatic N) is 3. The minimum atomic E-state index is -0.381. The highest BCUT2D eigenvalue weighted by Gasteiger charge is 2.15. The first-order valence-corrected chi connectivity index (χ1v) is 4.65. The number of rotatable bonds is 3. The molecule has 0 radical (unpaired) electrons. The first-order valence-electron chi connectivity index (χ1n) is 4.65. The lowest BCUT2D eigenvalue weighted by Crippen LogP contribution is -2.28. The predicted molar refractivity (Wildman–Crippen MR) is 55.3 cm³/mol. The van der Waals surface area contributed by atoms with Crippen molar-refractivity contribution < 1.29 is 4.79 Å². The molecule has 1 amide bonds. The highest BCUT2D eigenvalue weighted by atomic mass is 16.2. The lowest BCUT2D eigenvalue weighted by molar-refractivity contribution is 0.0928. The van der Waals surface area contributed by atoms with Crippen molar-refractivity contribution in [1.82, 2.24) is 30.5 Å². The number of nitrogens with two attached hydrogens (primary N) is 1. The van der Waals surface area contributed by atoms with Gasteiger partial charge in [-0.3, -0.25) is 9.89 Å². The molecule has 0 aliphatic carbocycles. The molecule has 2 aromatic heterocycles. The molecule has 16 heavy (non-hydrogen) atoms. The molecule has 8 nitrogen and oxygen atoms in total. The molecule has 2 aromatic rings. The van der Waals surface area contributed by atoms with E-state index in [0.29, 0.717) is 5.82 Å². The smallest absolute Gasteiger partial charge is 0.289 e. The summed E-state index contributed by atoms with van der Waals surface area (Å²) in [6, 6.07) is -0.242. The summed E-state index contributed by atoms with van der Waals surface area (Å²) in [6.45, 7) is 1.80. The van der Waals surface area contributed by atoms with Crippen LogP contribution in [0.25, 0.3) is 0 Å². The van der Waals surface area contributed by atoms with E-state index in [1.54, 1.807) is 19.3 Å². The van der Waals surface area contributed by atoms with E-state index in [1.807, 2.05) is 0 Å². The van der Waals surface area contributed by atoms with Crippen LogP contribution >= 0.6 is 0 Å². The van der Waals surface area contributed by atoms with E-state index in [1.165, 1.54) is 0 Å². The molecule has 0 aliphatic rings. The van der Waals surface area contributed by atoms with Gasteiger partial charge in [0.05, 0.1) is 6.04 Å². The number of carbonyl (C=O) groups excluding carboxylic acids is 1. The summed E-state index contributed by atoms with van der Waals surface area (Å²) in [6.07, 6.45) is 3.30. The maximum absolute atomic E-state index is 11.6. The van der Waals surface area contributed by atoms with Crippen LogP contribution in [0.1, 0.15) is 29.4 Å². The molecule has 84 valence electrons. The average molecular weight is 221 g/mol. The maximum atomic E-state index is 11.6. The molecule has 0 fully saturated rings. The third kappa shape index (κ3) is 2.00. The van der Waals surface area contributed by atoms with Crippen molar-refractivity contribution in [2.24, 2.45) is 0 Å². The zero-order valence-corrected chi connectivity index (χ0v) is 8.56. The number of anilines is 1. The SMILES string of the molecule is CC(NC(=O)c1nc(N)n[nH]1)c1ncc[nH]1. The van der Waals surface area contributed by atoms with E-state index in [-0.39, 0.29) is 23.7 Å². The molecule has 0 bridgehead atoms. The van der Waals surface area contributed by atoms with Crippen LogP contribution < -0.4 is 11.1 Å². The van der Waals surface area contributed by atoms with Gasteiger partial charge in [-0.1, -0.05) is 0 Å². The largest absolute Gasteiger partial charge is 0.366 e. The predicted octanol–water partition coefficient (Wildman–Crippen LogP) is -0.399. The van der Waals surface area contributed by atoms with Crippen LogP contribution in [0.4, 0.5) is 5.95 Å². The fourth-order valence-electron chi connectivity index (χ4n) is 1.22. The van der Waals surface area contributed by atoms with Gasteiger partial charge in [0.15, 0.2) is 0 Å². The summed E-state index contributed by atoms with van der Waals surface area (Å²) in [7, 11) is 0. The second-order valence-electron chi connectivity index (χ2n) is 3.21. The van der Waals surface area contributed by atoms with Gasteiger partial charge in [-0.15, -0.1) is 5.10 Å². The fraction of sp³-hybridized carbons (Fsp3) is 0.250. The van der Waals surface area contributed by atoms with E-state index in [9.17, 15) is 4.79 Å². The minimum Gasteiger partial charge on any atom is -0.366 e. The molecular weight excluding hydrogens is 210 g/mol. The van der Waals surface area contributed by atoms with Crippen LogP contribution in [0.3, 0.4) is 0 Å². The van der Waals surface area contributed by atoms with E-state index < -0.39 is 0 Å². The molecule has 2 rings (SSSR count). The molecule has 2 heterocycles. The van der Waals surface area contributed by atoms with Gasteiger partial charge in [0.2, 0.25) is 11.8 Å². The number of nitrogen functional groups attached to an aromatic ring is 1. The van der Waals surface area contributed by atoms with Crippen LogP contribution in [0.15, 0.2) is 12.4 Å².